The first-order valence-corrected chi connectivity index (χ1v) is 12.7. The van der Waals surface area contributed by atoms with Gasteiger partial charge in [0.2, 0.25) is 0 Å². The molecule has 204 valence electrons. The fourth-order valence-corrected chi connectivity index (χ4v) is 4.69. The topological polar surface area (TPSA) is 97.4 Å². The fraction of sp³-hybridized carbons (Fsp3) is 0.370. The number of hydrogen-bond acceptors (Lipinski definition) is 5. The summed E-state index contributed by atoms with van der Waals surface area (Å²) < 4.78 is 44.0. The van der Waals surface area contributed by atoms with Crippen LogP contribution in [-0.2, 0) is 13.2 Å². The summed E-state index contributed by atoms with van der Waals surface area (Å²) in [4.78, 5) is 32.3. The second-order valence-corrected chi connectivity index (χ2v) is 9.94. The van der Waals surface area contributed by atoms with Gasteiger partial charge in [0, 0.05) is 31.8 Å². The number of halogens is 3. The molecule has 39 heavy (non-hydrogen) atoms. The van der Waals surface area contributed by atoms with E-state index in [0.717, 1.165) is 30.9 Å². The number of rotatable bonds is 5. The second kappa shape index (κ2) is 10.2. The van der Waals surface area contributed by atoms with Gasteiger partial charge in [-0.3, -0.25) is 14.3 Å². The summed E-state index contributed by atoms with van der Waals surface area (Å²) in [5.74, 6) is -0.780. The minimum atomic E-state index is -4.75. The van der Waals surface area contributed by atoms with E-state index in [0.29, 0.717) is 23.2 Å². The van der Waals surface area contributed by atoms with Crippen molar-refractivity contribution in [2.24, 2.45) is 7.05 Å². The smallest absolute Gasteiger partial charge is 0.337 e. The number of carbonyl (C=O) groups is 2. The van der Waals surface area contributed by atoms with Gasteiger partial charge in [-0.15, -0.1) is 0 Å². The van der Waals surface area contributed by atoms with Crippen molar-refractivity contribution in [1.82, 2.24) is 29.3 Å². The summed E-state index contributed by atoms with van der Waals surface area (Å²) in [7, 11) is 1.59. The van der Waals surface area contributed by atoms with Gasteiger partial charge in [-0.2, -0.15) is 23.4 Å². The largest absolute Gasteiger partial charge is 0.433 e. The Bertz CT molecular complexity index is 1530. The normalized spacial score (nSPS) is 14.3. The Hall–Kier alpha value is -4.22. The molecule has 0 atom stereocenters. The van der Waals surface area contributed by atoms with Crippen molar-refractivity contribution in [2.45, 2.75) is 45.2 Å². The minimum Gasteiger partial charge on any atom is -0.337 e. The molecular weight excluding hydrogens is 511 g/mol. The van der Waals surface area contributed by atoms with E-state index < -0.39 is 17.8 Å². The van der Waals surface area contributed by atoms with Gasteiger partial charge in [-0.1, -0.05) is 38.1 Å². The molecule has 1 aromatic carbocycles. The second-order valence-electron chi connectivity index (χ2n) is 9.94. The molecule has 1 aliphatic rings. The Morgan fingerprint density at radius 1 is 1.03 bits per heavy atom. The molecule has 0 bridgehead atoms. The number of amides is 2. The molecule has 12 heteroatoms. The number of piperidine rings is 1. The van der Waals surface area contributed by atoms with Gasteiger partial charge in [-0.25, -0.2) is 9.50 Å². The number of aromatic nitrogens is 5. The van der Waals surface area contributed by atoms with Crippen LogP contribution in [0.25, 0.3) is 16.9 Å². The lowest BCUT2D eigenvalue weighted by Gasteiger charge is -2.27. The van der Waals surface area contributed by atoms with Crippen LogP contribution in [0.1, 0.15) is 71.3 Å². The third kappa shape index (κ3) is 5.23. The van der Waals surface area contributed by atoms with Gasteiger partial charge in [-0.05, 0) is 36.8 Å². The van der Waals surface area contributed by atoms with E-state index in [2.05, 4.69) is 20.5 Å². The number of nitrogens with one attached hydrogen (secondary N) is 1. The summed E-state index contributed by atoms with van der Waals surface area (Å²) in [6.07, 6.45) is -0.574. The predicted octanol–water partition coefficient (Wildman–Crippen LogP) is 5.15. The summed E-state index contributed by atoms with van der Waals surface area (Å²) in [5.41, 5.74) is 0.550. The van der Waals surface area contributed by atoms with Crippen LogP contribution < -0.4 is 5.32 Å². The summed E-state index contributed by atoms with van der Waals surface area (Å²) in [6, 6.07) is 9.26. The predicted molar refractivity (Wildman–Crippen MR) is 138 cm³/mol. The maximum Gasteiger partial charge on any atom is 0.433 e. The maximum atomic E-state index is 14.0. The monoisotopic (exact) mass is 539 g/mol. The van der Waals surface area contributed by atoms with Gasteiger partial charge in [0.1, 0.15) is 5.69 Å². The number of alkyl halides is 3. The van der Waals surface area contributed by atoms with Crippen LogP contribution >= 0.6 is 0 Å². The molecule has 1 aliphatic heterocycles. The first-order valence-electron chi connectivity index (χ1n) is 12.7. The standard InChI is InChI=1S/C27H28F3N7O2/c1-16(2)17-7-9-18(10-8-17)19-13-22(27(28,29)30)37-23(32-19)14-20(34-37)25(38)33-21-15-31-35(3)24(21)26(39)36-11-5-4-6-12-36/h7-10,13-16H,4-6,11-12H2,1-3H3,(H,33,38). The van der Waals surface area contributed by atoms with Crippen molar-refractivity contribution in [1.29, 1.82) is 0 Å². The molecule has 4 aromatic rings. The van der Waals surface area contributed by atoms with Gasteiger partial charge in [0.15, 0.2) is 17.0 Å². The highest BCUT2D eigenvalue weighted by atomic mass is 19.4. The van der Waals surface area contributed by atoms with E-state index in [1.54, 1.807) is 24.1 Å². The lowest BCUT2D eigenvalue weighted by molar-refractivity contribution is -0.142. The molecule has 3 aromatic heterocycles. The molecular formula is C27H28F3N7O2. The molecule has 1 fully saturated rings. The molecule has 1 saturated heterocycles. The quantitative estimate of drug-likeness (QED) is 0.378. The Kier molecular flexibility index (Phi) is 6.87. The highest BCUT2D eigenvalue weighted by molar-refractivity contribution is 6.07. The van der Waals surface area contributed by atoms with E-state index in [9.17, 15) is 22.8 Å². The van der Waals surface area contributed by atoms with Crippen molar-refractivity contribution >= 4 is 23.1 Å². The molecule has 1 N–H and O–H groups in total. The van der Waals surface area contributed by atoms with Gasteiger partial charge < -0.3 is 10.2 Å². The number of hydrogen-bond donors (Lipinski definition) is 1. The van der Waals surface area contributed by atoms with Crippen LogP contribution in [0.4, 0.5) is 18.9 Å². The minimum absolute atomic E-state index is 0.110. The van der Waals surface area contributed by atoms with E-state index in [1.807, 2.05) is 26.0 Å². The summed E-state index contributed by atoms with van der Waals surface area (Å²) >= 11 is 0. The van der Waals surface area contributed by atoms with Crippen molar-refractivity contribution in [3.8, 4) is 11.3 Å². The first-order chi connectivity index (χ1) is 18.5. The van der Waals surface area contributed by atoms with Crippen LogP contribution in [0.2, 0.25) is 0 Å². The third-order valence-electron chi connectivity index (χ3n) is 6.86. The van der Waals surface area contributed by atoms with Crippen molar-refractivity contribution in [2.75, 3.05) is 18.4 Å². The zero-order chi connectivity index (χ0) is 27.9. The fourth-order valence-electron chi connectivity index (χ4n) is 4.69. The van der Waals surface area contributed by atoms with Crippen LogP contribution in [0.15, 0.2) is 42.6 Å². The number of aryl methyl sites for hydroxylation is 1. The molecule has 0 unspecified atom stereocenters. The lowest BCUT2D eigenvalue weighted by Crippen LogP contribution is -2.37. The third-order valence-corrected chi connectivity index (χ3v) is 6.86. The number of likely N-dealkylation sites (tertiary alicyclic amines) is 1. The molecule has 9 nitrogen and oxygen atoms in total. The highest BCUT2D eigenvalue weighted by Crippen LogP contribution is 2.33. The molecule has 4 heterocycles. The van der Waals surface area contributed by atoms with Crippen LogP contribution in [0, 0.1) is 0 Å². The molecule has 0 aliphatic carbocycles. The van der Waals surface area contributed by atoms with Crippen LogP contribution in [0.5, 0.6) is 0 Å². The van der Waals surface area contributed by atoms with E-state index in [-0.39, 0.29) is 40.2 Å². The Morgan fingerprint density at radius 2 is 1.72 bits per heavy atom. The Labute approximate surface area is 222 Å². The Morgan fingerprint density at radius 3 is 2.36 bits per heavy atom. The van der Waals surface area contributed by atoms with Gasteiger partial charge in [0.25, 0.3) is 11.8 Å². The van der Waals surface area contributed by atoms with E-state index in [4.69, 9.17) is 0 Å². The van der Waals surface area contributed by atoms with Crippen molar-refractivity contribution in [3.63, 3.8) is 0 Å². The number of nitrogens with zero attached hydrogens (tertiary/aromatic N) is 6. The van der Waals surface area contributed by atoms with Crippen LogP contribution in [-0.4, -0.2) is 54.2 Å². The zero-order valence-electron chi connectivity index (χ0n) is 21.8. The SMILES string of the molecule is CC(C)c1ccc(-c2cc(C(F)(F)F)n3nc(C(=O)Nc4cnn(C)c4C(=O)N4CCCCC4)cc3n2)cc1. The average molecular weight is 540 g/mol. The highest BCUT2D eigenvalue weighted by Gasteiger charge is 2.36. The maximum absolute atomic E-state index is 14.0. The van der Waals surface area contributed by atoms with Crippen LogP contribution in [0.3, 0.4) is 0 Å². The lowest BCUT2D eigenvalue weighted by atomic mass is 10.0. The number of carbonyl (C=O) groups excluding carboxylic acids is 2. The number of benzene rings is 1. The van der Waals surface area contributed by atoms with Crippen molar-refractivity contribution in [3.05, 3.63) is 65.2 Å². The zero-order valence-corrected chi connectivity index (χ0v) is 21.8. The van der Waals surface area contributed by atoms with Gasteiger partial charge >= 0.3 is 6.18 Å². The Balaban J connectivity index is 1.48. The molecule has 0 spiro atoms. The molecule has 5 rings (SSSR count). The van der Waals surface area contributed by atoms with E-state index >= 15 is 0 Å². The summed E-state index contributed by atoms with van der Waals surface area (Å²) in [6.45, 7) is 5.27. The van der Waals surface area contributed by atoms with Gasteiger partial charge in [0.05, 0.1) is 17.6 Å². The van der Waals surface area contributed by atoms with Crippen molar-refractivity contribution < 1.29 is 22.8 Å². The number of fused-ring (bicyclic) bond motifs is 1. The first kappa shape index (κ1) is 26.4. The molecule has 2 amide bonds. The molecule has 0 radical (unpaired) electrons. The number of anilines is 1. The summed E-state index contributed by atoms with van der Waals surface area (Å²) in [5, 5.41) is 10.6. The molecule has 0 saturated carbocycles. The average Bonchev–Trinajstić information content (AvgIpc) is 3.51. The van der Waals surface area contributed by atoms with E-state index in [1.165, 1.54) is 16.9 Å².